The minimum absolute atomic E-state index is 0.0156. The van der Waals surface area contributed by atoms with Gasteiger partial charge < -0.3 is 9.64 Å². The molecule has 0 radical (unpaired) electrons. The van der Waals surface area contributed by atoms with E-state index in [1.54, 1.807) is 12.0 Å². The van der Waals surface area contributed by atoms with Crippen LogP contribution in [-0.4, -0.2) is 42.4 Å². The van der Waals surface area contributed by atoms with E-state index in [-0.39, 0.29) is 11.9 Å². The van der Waals surface area contributed by atoms with E-state index in [9.17, 15) is 9.59 Å². The number of ether oxygens (including phenoxy) is 1. The molecule has 0 aromatic rings. The van der Waals surface area contributed by atoms with Crippen molar-refractivity contribution in [1.29, 1.82) is 0 Å². The number of ketones is 1. The zero-order valence-corrected chi connectivity index (χ0v) is 11.3. The summed E-state index contributed by atoms with van der Waals surface area (Å²) < 4.78 is 5.32. The number of methoxy groups -OCH3 is 1. The van der Waals surface area contributed by atoms with E-state index in [0.29, 0.717) is 25.0 Å². The molecule has 0 aliphatic heterocycles. The van der Waals surface area contributed by atoms with Crippen molar-refractivity contribution < 1.29 is 14.3 Å². The van der Waals surface area contributed by atoms with Crippen molar-refractivity contribution in [3.05, 3.63) is 0 Å². The van der Waals surface area contributed by atoms with Gasteiger partial charge in [0.25, 0.3) is 5.91 Å². The second-order valence-electron chi connectivity index (χ2n) is 4.97. The largest absolute Gasteiger partial charge is 0.369 e. The van der Waals surface area contributed by atoms with E-state index in [4.69, 9.17) is 4.74 Å². The lowest BCUT2D eigenvalue weighted by Gasteiger charge is -2.36. The number of rotatable bonds is 4. The normalized spacial score (nSPS) is 21.1. The molecule has 0 spiro atoms. The summed E-state index contributed by atoms with van der Waals surface area (Å²) >= 11 is 0. The summed E-state index contributed by atoms with van der Waals surface area (Å²) in [6, 6.07) is 0.182. The molecular formula is C13H23NO3. The van der Waals surface area contributed by atoms with Crippen molar-refractivity contribution in [2.45, 2.75) is 57.6 Å². The molecule has 98 valence electrons. The van der Waals surface area contributed by atoms with Gasteiger partial charge in [0, 0.05) is 33.0 Å². The van der Waals surface area contributed by atoms with Crippen LogP contribution in [0, 0.1) is 0 Å². The van der Waals surface area contributed by atoms with Crippen LogP contribution in [0.5, 0.6) is 0 Å². The first-order valence-corrected chi connectivity index (χ1v) is 6.28. The number of hydrogen-bond donors (Lipinski definition) is 0. The molecule has 1 aliphatic rings. The Morgan fingerprint density at radius 3 is 2.41 bits per heavy atom. The van der Waals surface area contributed by atoms with Crippen molar-refractivity contribution >= 4 is 11.7 Å². The Morgan fingerprint density at radius 1 is 1.47 bits per heavy atom. The highest BCUT2D eigenvalue weighted by Crippen LogP contribution is 2.24. The average molecular weight is 241 g/mol. The van der Waals surface area contributed by atoms with Gasteiger partial charge in [-0.05, 0) is 26.2 Å². The highest BCUT2D eigenvalue weighted by Gasteiger charge is 2.36. The van der Waals surface area contributed by atoms with E-state index < -0.39 is 5.60 Å². The fourth-order valence-electron chi connectivity index (χ4n) is 2.23. The molecule has 1 aliphatic carbocycles. The van der Waals surface area contributed by atoms with Crippen LogP contribution < -0.4 is 0 Å². The number of nitrogens with zero attached hydrogens (tertiary/aromatic N) is 1. The molecule has 1 amide bonds. The Labute approximate surface area is 103 Å². The smallest absolute Gasteiger partial charge is 0.254 e. The first-order valence-electron chi connectivity index (χ1n) is 6.28. The number of hydrogen-bond acceptors (Lipinski definition) is 3. The van der Waals surface area contributed by atoms with Gasteiger partial charge in [0.05, 0.1) is 0 Å². The van der Waals surface area contributed by atoms with Crippen molar-refractivity contribution in [3.63, 3.8) is 0 Å². The highest BCUT2D eigenvalue weighted by atomic mass is 16.5. The number of carbonyl (C=O) groups excluding carboxylic acids is 2. The fraction of sp³-hybridized carbons (Fsp3) is 0.846. The van der Waals surface area contributed by atoms with Gasteiger partial charge in [-0.1, -0.05) is 6.92 Å². The topological polar surface area (TPSA) is 46.6 Å². The number of carbonyl (C=O) groups is 2. The predicted molar refractivity (Wildman–Crippen MR) is 65.7 cm³/mol. The van der Waals surface area contributed by atoms with Crippen LogP contribution in [0.15, 0.2) is 0 Å². The molecule has 4 nitrogen and oxygen atoms in total. The van der Waals surface area contributed by atoms with Gasteiger partial charge >= 0.3 is 0 Å². The van der Waals surface area contributed by atoms with Crippen LogP contribution in [0.2, 0.25) is 0 Å². The van der Waals surface area contributed by atoms with Crippen molar-refractivity contribution in [2.75, 3.05) is 14.2 Å². The lowest BCUT2D eigenvalue weighted by atomic mass is 9.91. The Kier molecular flexibility index (Phi) is 4.69. The van der Waals surface area contributed by atoms with Crippen LogP contribution >= 0.6 is 0 Å². The Morgan fingerprint density at radius 2 is 2.00 bits per heavy atom. The minimum atomic E-state index is -0.740. The molecule has 1 fully saturated rings. The summed E-state index contributed by atoms with van der Waals surface area (Å²) in [5, 5.41) is 0. The van der Waals surface area contributed by atoms with Gasteiger partial charge in [-0.25, -0.2) is 0 Å². The molecule has 0 aromatic heterocycles. The molecule has 1 rings (SSSR count). The van der Waals surface area contributed by atoms with E-state index in [2.05, 4.69) is 0 Å². The molecule has 0 bridgehead atoms. The quantitative estimate of drug-likeness (QED) is 0.753. The zero-order valence-electron chi connectivity index (χ0n) is 11.3. The maximum absolute atomic E-state index is 12.3. The Hall–Kier alpha value is -0.900. The summed E-state index contributed by atoms with van der Waals surface area (Å²) in [5.74, 6) is 0.328. The lowest BCUT2D eigenvalue weighted by molar-refractivity contribution is -0.155. The predicted octanol–water partition coefficient (Wildman–Crippen LogP) is 1.77. The van der Waals surface area contributed by atoms with Gasteiger partial charge in [-0.15, -0.1) is 0 Å². The molecule has 0 saturated heterocycles. The van der Waals surface area contributed by atoms with Gasteiger partial charge in [0.1, 0.15) is 11.4 Å². The van der Waals surface area contributed by atoms with Gasteiger partial charge in [-0.2, -0.15) is 0 Å². The second-order valence-corrected chi connectivity index (χ2v) is 4.97. The van der Waals surface area contributed by atoms with Crippen LogP contribution in [0.4, 0.5) is 0 Å². The molecule has 0 aromatic carbocycles. The van der Waals surface area contributed by atoms with E-state index in [1.165, 1.54) is 0 Å². The Balaban J connectivity index is 2.66. The second kappa shape index (κ2) is 5.63. The summed E-state index contributed by atoms with van der Waals surface area (Å²) in [5.41, 5.74) is -0.740. The standard InChI is InChI=1S/C13H23NO3/c1-5-13(2,17-4)12(16)14(3)10-6-8-11(15)9-7-10/h10H,5-9H2,1-4H3. The SMILES string of the molecule is CCC(C)(OC)C(=O)N(C)C1CCC(=O)CC1. The van der Waals surface area contributed by atoms with Crippen molar-refractivity contribution in [2.24, 2.45) is 0 Å². The molecule has 1 atom stereocenters. The van der Waals surface area contributed by atoms with Gasteiger partial charge in [0.15, 0.2) is 0 Å². The molecule has 0 N–H and O–H groups in total. The average Bonchev–Trinajstić information content (AvgIpc) is 2.37. The number of Topliss-reactive ketones (excluding diaryl/α,β-unsaturated/α-hetero) is 1. The molecule has 4 heteroatoms. The van der Waals surface area contributed by atoms with Crippen LogP contribution in [-0.2, 0) is 14.3 Å². The highest BCUT2D eigenvalue weighted by molar-refractivity contribution is 5.85. The van der Waals surface area contributed by atoms with Crippen LogP contribution in [0.25, 0.3) is 0 Å². The molecule has 17 heavy (non-hydrogen) atoms. The van der Waals surface area contributed by atoms with E-state index >= 15 is 0 Å². The zero-order chi connectivity index (χ0) is 13.1. The Bertz CT molecular complexity index is 287. The van der Waals surface area contributed by atoms with E-state index in [1.807, 2.05) is 20.9 Å². The van der Waals surface area contributed by atoms with Gasteiger partial charge in [0.2, 0.25) is 0 Å². The third kappa shape index (κ3) is 3.06. The minimum Gasteiger partial charge on any atom is -0.369 e. The van der Waals surface area contributed by atoms with Gasteiger partial charge in [-0.3, -0.25) is 9.59 Å². The third-order valence-corrected chi connectivity index (χ3v) is 3.96. The van der Waals surface area contributed by atoms with E-state index in [0.717, 1.165) is 12.8 Å². The molecule has 0 heterocycles. The number of amides is 1. The number of likely N-dealkylation sites (N-methyl/N-ethyl adjacent to an activating group) is 1. The van der Waals surface area contributed by atoms with Crippen LogP contribution in [0.3, 0.4) is 0 Å². The molecular weight excluding hydrogens is 218 g/mol. The maximum Gasteiger partial charge on any atom is 0.254 e. The summed E-state index contributed by atoms with van der Waals surface area (Å²) in [6.07, 6.45) is 3.41. The lowest BCUT2D eigenvalue weighted by Crippen LogP contribution is -2.51. The first-order chi connectivity index (χ1) is 7.94. The monoisotopic (exact) mass is 241 g/mol. The third-order valence-electron chi connectivity index (χ3n) is 3.96. The molecule has 1 unspecified atom stereocenters. The van der Waals surface area contributed by atoms with Crippen LogP contribution in [0.1, 0.15) is 46.0 Å². The molecule has 1 saturated carbocycles. The summed E-state index contributed by atoms with van der Waals surface area (Å²) in [7, 11) is 3.38. The van der Waals surface area contributed by atoms with Crippen molar-refractivity contribution in [1.82, 2.24) is 4.90 Å². The van der Waals surface area contributed by atoms with Crippen molar-refractivity contribution in [3.8, 4) is 0 Å². The first kappa shape index (κ1) is 14.2. The fourth-order valence-corrected chi connectivity index (χ4v) is 2.23. The summed E-state index contributed by atoms with van der Waals surface area (Å²) in [6.45, 7) is 3.76. The summed E-state index contributed by atoms with van der Waals surface area (Å²) in [4.78, 5) is 25.3. The maximum atomic E-state index is 12.3.